The molecule has 0 amide bonds. The number of Topliss-reactive ketones (excluding diaryl/α,β-unsaturated/α-hetero) is 1. The zero-order valence-electron chi connectivity index (χ0n) is 10.8. The first-order valence-electron chi connectivity index (χ1n) is 6.07. The molecule has 3 aromatic rings. The molecule has 0 bridgehead atoms. The van der Waals surface area contributed by atoms with Gasteiger partial charge >= 0.3 is 0 Å². The van der Waals surface area contributed by atoms with Crippen molar-refractivity contribution >= 4 is 5.78 Å². The van der Waals surface area contributed by atoms with Crippen molar-refractivity contribution in [2.24, 2.45) is 0 Å². The summed E-state index contributed by atoms with van der Waals surface area (Å²) in [5.74, 6) is 1.02. The highest BCUT2D eigenvalue weighted by Crippen LogP contribution is 2.13. The summed E-state index contributed by atoms with van der Waals surface area (Å²) in [6, 6.07) is 13.0. The summed E-state index contributed by atoms with van der Waals surface area (Å²) >= 11 is 0. The van der Waals surface area contributed by atoms with Gasteiger partial charge in [0, 0.05) is 17.3 Å². The summed E-state index contributed by atoms with van der Waals surface area (Å²) in [7, 11) is 0. The van der Waals surface area contributed by atoms with Crippen LogP contribution in [0, 0.1) is 0 Å². The molecule has 0 aliphatic heterocycles. The molecule has 0 unspecified atom stereocenters. The fourth-order valence-electron chi connectivity index (χ4n) is 1.73. The Labute approximate surface area is 115 Å². The zero-order chi connectivity index (χ0) is 13.9. The Kier molecular flexibility index (Phi) is 3.04. The van der Waals surface area contributed by atoms with E-state index in [1.807, 2.05) is 30.3 Å². The number of pyridine rings is 1. The van der Waals surface area contributed by atoms with Crippen LogP contribution in [0.25, 0.3) is 17.2 Å². The molecule has 0 aliphatic carbocycles. The van der Waals surface area contributed by atoms with Crippen molar-refractivity contribution in [2.45, 2.75) is 6.92 Å². The first-order chi connectivity index (χ1) is 9.74. The molecule has 0 saturated carbocycles. The van der Waals surface area contributed by atoms with Crippen LogP contribution in [0.2, 0.25) is 0 Å². The van der Waals surface area contributed by atoms with Crippen LogP contribution in [0.4, 0.5) is 0 Å². The number of aromatic nitrogens is 5. The van der Waals surface area contributed by atoms with Gasteiger partial charge in [-0.3, -0.25) is 4.79 Å². The van der Waals surface area contributed by atoms with Gasteiger partial charge in [0.05, 0.1) is 0 Å². The fraction of sp³-hybridized carbons (Fsp3) is 0.0714. The minimum Gasteiger partial charge on any atom is -0.294 e. The lowest BCUT2D eigenvalue weighted by molar-refractivity contribution is 0.101. The highest BCUT2D eigenvalue weighted by Gasteiger charge is 2.08. The van der Waals surface area contributed by atoms with Crippen LogP contribution in [0.5, 0.6) is 0 Å². The van der Waals surface area contributed by atoms with Crippen LogP contribution in [0.3, 0.4) is 0 Å². The Hall–Kier alpha value is -2.89. The molecule has 6 nitrogen and oxygen atoms in total. The smallest absolute Gasteiger partial charge is 0.205 e. The maximum Gasteiger partial charge on any atom is 0.205 e. The highest BCUT2D eigenvalue weighted by atomic mass is 16.1. The lowest BCUT2D eigenvalue weighted by Crippen LogP contribution is -2.03. The van der Waals surface area contributed by atoms with Gasteiger partial charge < -0.3 is 0 Å². The summed E-state index contributed by atoms with van der Waals surface area (Å²) in [4.78, 5) is 16.7. The quantitative estimate of drug-likeness (QED) is 0.676. The summed E-state index contributed by atoms with van der Waals surface area (Å²) in [6.45, 7) is 1.50. The molecule has 3 rings (SSSR count). The van der Waals surface area contributed by atoms with E-state index in [2.05, 4.69) is 20.4 Å². The van der Waals surface area contributed by atoms with Gasteiger partial charge in [0.25, 0.3) is 0 Å². The van der Waals surface area contributed by atoms with Gasteiger partial charge in [-0.1, -0.05) is 30.3 Å². The maximum atomic E-state index is 11.2. The van der Waals surface area contributed by atoms with Crippen molar-refractivity contribution in [1.82, 2.24) is 25.2 Å². The molecule has 0 radical (unpaired) electrons. The third-order valence-electron chi connectivity index (χ3n) is 2.80. The molecule has 2 aromatic heterocycles. The van der Waals surface area contributed by atoms with Gasteiger partial charge in [-0.05, 0) is 24.3 Å². The van der Waals surface area contributed by atoms with E-state index in [9.17, 15) is 4.79 Å². The van der Waals surface area contributed by atoms with E-state index in [0.717, 1.165) is 5.56 Å². The van der Waals surface area contributed by atoms with E-state index in [4.69, 9.17) is 0 Å². The van der Waals surface area contributed by atoms with Gasteiger partial charge in [0.15, 0.2) is 11.6 Å². The zero-order valence-corrected chi connectivity index (χ0v) is 10.8. The van der Waals surface area contributed by atoms with Crippen LogP contribution in [-0.2, 0) is 0 Å². The van der Waals surface area contributed by atoms with Crippen LogP contribution in [0.15, 0.2) is 48.7 Å². The predicted molar refractivity (Wildman–Crippen MR) is 72.4 cm³/mol. The van der Waals surface area contributed by atoms with Crippen LogP contribution >= 0.6 is 0 Å². The van der Waals surface area contributed by atoms with E-state index >= 15 is 0 Å². The Bertz CT molecular complexity index is 734. The first kappa shape index (κ1) is 12.2. The molecule has 0 N–H and O–H groups in total. The van der Waals surface area contributed by atoms with Crippen LogP contribution < -0.4 is 0 Å². The van der Waals surface area contributed by atoms with E-state index < -0.39 is 0 Å². The molecule has 0 saturated heterocycles. The second-order valence-electron chi connectivity index (χ2n) is 4.23. The van der Waals surface area contributed by atoms with E-state index in [1.165, 1.54) is 17.9 Å². The van der Waals surface area contributed by atoms with Crippen LogP contribution in [0.1, 0.15) is 17.3 Å². The van der Waals surface area contributed by atoms with Crippen molar-refractivity contribution in [2.75, 3.05) is 0 Å². The molecule has 0 spiro atoms. The second-order valence-corrected chi connectivity index (χ2v) is 4.23. The van der Waals surface area contributed by atoms with Gasteiger partial charge in [-0.15, -0.1) is 15.0 Å². The summed E-state index contributed by atoms with van der Waals surface area (Å²) < 4.78 is 0. The van der Waals surface area contributed by atoms with Crippen LogP contribution in [-0.4, -0.2) is 31.0 Å². The lowest BCUT2D eigenvalue weighted by atomic mass is 10.2. The van der Waals surface area contributed by atoms with Gasteiger partial charge in [0.2, 0.25) is 5.82 Å². The second kappa shape index (κ2) is 5.00. The van der Waals surface area contributed by atoms with Crippen molar-refractivity contribution in [1.29, 1.82) is 0 Å². The molecule has 0 aliphatic rings. The van der Waals surface area contributed by atoms with Gasteiger partial charge in [-0.25, -0.2) is 4.98 Å². The van der Waals surface area contributed by atoms with E-state index in [1.54, 1.807) is 12.1 Å². The number of carbonyl (C=O) groups excluding carboxylic acids is 1. The first-order valence-corrected chi connectivity index (χ1v) is 6.07. The minimum absolute atomic E-state index is 0.0272. The number of ketones is 1. The molecule has 98 valence electrons. The molecule has 0 fully saturated rings. The molecule has 6 heteroatoms. The molecule has 1 aromatic carbocycles. The number of nitrogens with zero attached hydrogens (tertiary/aromatic N) is 5. The molecule has 0 atom stereocenters. The van der Waals surface area contributed by atoms with Gasteiger partial charge in [0.1, 0.15) is 0 Å². The number of hydrogen-bond acceptors (Lipinski definition) is 5. The minimum atomic E-state index is -0.0272. The summed E-state index contributed by atoms with van der Waals surface area (Å²) in [5.41, 5.74) is 1.44. The van der Waals surface area contributed by atoms with Gasteiger partial charge in [-0.2, -0.15) is 0 Å². The van der Waals surface area contributed by atoms with Crippen molar-refractivity contribution in [3.05, 3.63) is 54.2 Å². The number of tetrazole rings is 1. The number of benzene rings is 1. The normalized spacial score (nSPS) is 10.4. The van der Waals surface area contributed by atoms with Crippen molar-refractivity contribution in [3.63, 3.8) is 0 Å². The third-order valence-corrected chi connectivity index (χ3v) is 2.80. The molecular formula is C14H11N5O. The molecule has 20 heavy (non-hydrogen) atoms. The largest absolute Gasteiger partial charge is 0.294 e. The van der Waals surface area contributed by atoms with Crippen molar-refractivity contribution < 1.29 is 4.79 Å². The molecule has 2 heterocycles. The standard InChI is InChI=1S/C14H11N5O/c1-10(20)12-7-8-13(15-9-12)19-17-14(16-18-19)11-5-3-2-4-6-11/h2-9H,1H3. The lowest BCUT2D eigenvalue weighted by Gasteiger charge is -1.98. The number of carbonyl (C=O) groups is 1. The monoisotopic (exact) mass is 265 g/mol. The topological polar surface area (TPSA) is 73.6 Å². The predicted octanol–water partition coefficient (Wildman–Crippen LogP) is 1.93. The Morgan fingerprint density at radius 1 is 1.10 bits per heavy atom. The Balaban J connectivity index is 1.92. The summed E-state index contributed by atoms with van der Waals surface area (Å²) in [6.07, 6.45) is 1.50. The number of rotatable bonds is 3. The molecular weight excluding hydrogens is 254 g/mol. The van der Waals surface area contributed by atoms with E-state index in [0.29, 0.717) is 17.2 Å². The fourth-order valence-corrected chi connectivity index (χ4v) is 1.73. The average Bonchev–Trinajstić information content (AvgIpc) is 2.98. The van der Waals surface area contributed by atoms with E-state index in [-0.39, 0.29) is 5.78 Å². The third kappa shape index (κ3) is 2.31. The Morgan fingerprint density at radius 2 is 1.90 bits per heavy atom. The SMILES string of the molecule is CC(=O)c1ccc(-n2nnc(-c3ccccc3)n2)nc1. The average molecular weight is 265 g/mol. The van der Waals surface area contributed by atoms with Crippen molar-refractivity contribution in [3.8, 4) is 17.2 Å². The Morgan fingerprint density at radius 3 is 2.55 bits per heavy atom. The highest BCUT2D eigenvalue weighted by molar-refractivity contribution is 5.93. The maximum absolute atomic E-state index is 11.2. The number of hydrogen-bond donors (Lipinski definition) is 0. The summed E-state index contributed by atoms with van der Waals surface area (Å²) in [5, 5.41) is 12.2.